The van der Waals surface area contributed by atoms with E-state index in [4.69, 9.17) is 4.42 Å². The van der Waals surface area contributed by atoms with Crippen molar-refractivity contribution in [2.45, 2.75) is 19.6 Å². The molecule has 2 aromatic rings. The van der Waals surface area contributed by atoms with Crippen LogP contribution >= 0.6 is 0 Å². The highest BCUT2D eigenvalue weighted by atomic mass is 19.4. The molecule has 2 aromatic heterocycles. The summed E-state index contributed by atoms with van der Waals surface area (Å²) in [4.78, 5) is 10.9. The molecule has 0 N–H and O–H groups in total. The first kappa shape index (κ1) is 12.3. The molecule has 8 heteroatoms. The lowest BCUT2D eigenvalue weighted by atomic mass is 10.2. The first-order valence-electron chi connectivity index (χ1n) is 4.92. The molecule has 0 aliphatic rings. The van der Waals surface area contributed by atoms with Gasteiger partial charge in [0, 0.05) is 24.9 Å². The fraction of sp³-hybridized carbons (Fsp3) is 0.300. The molecule has 0 spiro atoms. The number of hydrogen-bond acceptors (Lipinski definition) is 4. The Morgan fingerprint density at radius 2 is 2.17 bits per heavy atom. The van der Waals surface area contributed by atoms with Crippen molar-refractivity contribution in [3.63, 3.8) is 0 Å². The van der Waals surface area contributed by atoms with E-state index in [9.17, 15) is 18.0 Å². The molecule has 5 nitrogen and oxygen atoms in total. The van der Waals surface area contributed by atoms with Crippen LogP contribution in [-0.2, 0) is 6.54 Å². The first-order valence-corrected chi connectivity index (χ1v) is 4.92. The van der Waals surface area contributed by atoms with Crippen molar-refractivity contribution in [1.29, 1.82) is 0 Å². The van der Waals surface area contributed by atoms with Gasteiger partial charge in [0.1, 0.15) is 6.54 Å². The van der Waals surface area contributed by atoms with Crippen LogP contribution in [-0.4, -0.2) is 26.7 Å². The van der Waals surface area contributed by atoms with E-state index in [1.54, 1.807) is 6.92 Å². The lowest BCUT2D eigenvalue weighted by Crippen LogP contribution is -2.22. The Morgan fingerprint density at radius 1 is 1.44 bits per heavy atom. The standard InChI is InChI=1S/C10H8F3N3O2/c1-6-14-15-8(18-6)5-16-3-2-7(4-16)9(17)10(11,12)13/h2-4H,5H2,1H3. The average Bonchev–Trinajstić information content (AvgIpc) is 2.86. The molecule has 0 bridgehead atoms. The van der Waals surface area contributed by atoms with E-state index in [2.05, 4.69) is 10.2 Å². The van der Waals surface area contributed by atoms with Gasteiger partial charge in [-0.2, -0.15) is 13.2 Å². The summed E-state index contributed by atoms with van der Waals surface area (Å²) in [5, 5.41) is 7.29. The molecule has 0 amide bonds. The first-order chi connectivity index (χ1) is 8.36. The van der Waals surface area contributed by atoms with Gasteiger partial charge in [0.25, 0.3) is 5.78 Å². The van der Waals surface area contributed by atoms with Crippen molar-refractivity contribution in [3.05, 3.63) is 35.8 Å². The Labute approximate surface area is 99.2 Å². The molecule has 0 atom stereocenters. The van der Waals surface area contributed by atoms with Crippen LogP contribution in [0.2, 0.25) is 0 Å². The van der Waals surface area contributed by atoms with E-state index in [1.165, 1.54) is 10.8 Å². The summed E-state index contributed by atoms with van der Waals surface area (Å²) in [6, 6.07) is 1.10. The van der Waals surface area contributed by atoms with E-state index in [0.717, 1.165) is 12.3 Å². The molecule has 0 saturated heterocycles. The van der Waals surface area contributed by atoms with Crippen LogP contribution in [0.3, 0.4) is 0 Å². The molecule has 2 heterocycles. The molecule has 2 rings (SSSR count). The molecule has 18 heavy (non-hydrogen) atoms. The normalized spacial score (nSPS) is 11.8. The molecule has 0 radical (unpaired) electrons. The molecule has 0 unspecified atom stereocenters. The number of aromatic nitrogens is 3. The summed E-state index contributed by atoms with van der Waals surface area (Å²) in [6.45, 7) is 1.72. The number of carbonyl (C=O) groups excluding carboxylic acids is 1. The Balaban J connectivity index is 2.14. The summed E-state index contributed by atoms with van der Waals surface area (Å²) in [6.07, 6.45) is -2.43. The van der Waals surface area contributed by atoms with Gasteiger partial charge in [0.05, 0.1) is 0 Å². The van der Waals surface area contributed by atoms with Crippen LogP contribution < -0.4 is 0 Å². The van der Waals surface area contributed by atoms with E-state index in [1.807, 2.05) is 0 Å². The number of halogens is 3. The lowest BCUT2D eigenvalue weighted by Gasteiger charge is -2.02. The van der Waals surface area contributed by atoms with Crippen molar-refractivity contribution >= 4 is 5.78 Å². The van der Waals surface area contributed by atoms with E-state index in [0.29, 0.717) is 5.89 Å². The van der Waals surface area contributed by atoms with Crippen LogP contribution in [0.15, 0.2) is 22.9 Å². The average molecular weight is 259 g/mol. The fourth-order valence-corrected chi connectivity index (χ4v) is 1.39. The van der Waals surface area contributed by atoms with Gasteiger partial charge in [-0.25, -0.2) is 0 Å². The molecular weight excluding hydrogens is 251 g/mol. The summed E-state index contributed by atoms with van der Waals surface area (Å²) >= 11 is 0. The van der Waals surface area contributed by atoms with E-state index < -0.39 is 17.5 Å². The molecular formula is C10H8F3N3O2. The van der Waals surface area contributed by atoms with Crippen molar-refractivity contribution in [3.8, 4) is 0 Å². The quantitative estimate of drug-likeness (QED) is 0.790. The number of alkyl halides is 3. The number of nitrogens with zero attached hydrogens (tertiary/aromatic N) is 3. The molecule has 0 fully saturated rings. The van der Waals surface area contributed by atoms with Gasteiger partial charge < -0.3 is 8.98 Å². The zero-order chi connectivity index (χ0) is 13.3. The van der Waals surface area contributed by atoms with Gasteiger partial charge in [-0.1, -0.05) is 0 Å². The highest BCUT2D eigenvalue weighted by Gasteiger charge is 2.39. The smallest absolute Gasteiger partial charge is 0.424 e. The fourth-order valence-electron chi connectivity index (χ4n) is 1.39. The van der Waals surface area contributed by atoms with E-state index >= 15 is 0 Å². The minimum absolute atomic E-state index is 0.117. The number of rotatable bonds is 3. The third-order valence-corrected chi connectivity index (χ3v) is 2.16. The van der Waals surface area contributed by atoms with Crippen molar-refractivity contribution in [2.24, 2.45) is 0 Å². The number of carbonyl (C=O) groups is 1. The zero-order valence-electron chi connectivity index (χ0n) is 9.23. The van der Waals surface area contributed by atoms with Crippen LogP contribution in [0.25, 0.3) is 0 Å². The van der Waals surface area contributed by atoms with Crippen LogP contribution in [0.4, 0.5) is 13.2 Å². The summed E-state index contributed by atoms with van der Waals surface area (Å²) < 4.78 is 43.0. The maximum Gasteiger partial charge on any atom is 0.454 e. The van der Waals surface area contributed by atoms with Crippen molar-refractivity contribution in [1.82, 2.24) is 14.8 Å². The largest absolute Gasteiger partial charge is 0.454 e. The molecule has 0 aliphatic heterocycles. The maximum atomic E-state index is 12.2. The van der Waals surface area contributed by atoms with Gasteiger partial charge in [0.15, 0.2) is 0 Å². The minimum Gasteiger partial charge on any atom is -0.424 e. The van der Waals surface area contributed by atoms with Crippen molar-refractivity contribution < 1.29 is 22.4 Å². The molecule has 0 saturated carbocycles. The van der Waals surface area contributed by atoms with Crippen LogP contribution in [0.1, 0.15) is 22.1 Å². The topological polar surface area (TPSA) is 60.9 Å². The van der Waals surface area contributed by atoms with Gasteiger partial charge in [-0.05, 0) is 6.07 Å². The summed E-state index contributed by atoms with van der Waals surface area (Å²) in [5.74, 6) is -1.25. The summed E-state index contributed by atoms with van der Waals surface area (Å²) in [5.41, 5.74) is -0.418. The third-order valence-electron chi connectivity index (χ3n) is 2.16. The van der Waals surface area contributed by atoms with Gasteiger partial charge >= 0.3 is 6.18 Å². The molecule has 0 aromatic carbocycles. The number of ketones is 1. The van der Waals surface area contributed by atoms with Crippen LogP contribution in [0.5, 0.6) is 0 Å². The predicted molar refractivity (Wildman–Crippen MR) is 53.0 cm³/mol. The van der Waals surface area contributed by atoms with Gasteiger partial charge in [-0.15, -0.1) is 10.2 Å². The lowest BCUT2D eigenvalue weighted by molar-refractivity contribution is -0.0885. The maximum absolute atomic E-state index is 12.2. The molecule has 96 valence electrons. The summed E-state index contributed by atoms with van der Waals surface area (Å²) in [7, 11) is 0. The number of aryl methyl sites for hydroxylation is 1. The number of hydrogen-bond donors (Lipinski definition) is 0. The second kappa shape index (κ2) is 4.28. The second-order valence-corrected chi connectivity index (χ2v) is 3.61. The van der Waals surface area contributed by atoms with E-state index in [-0.39, 0.29) is 12.4 Å². The monoisotopic (exact) mass is 259 g/mol. The Kier molecular flexibility index (Phi) is 2.93. The minimum atomic E-state index is -4.87. The second-order valence-electron chi connectivity index (χ2n) is 3.61. The van der Waals surface area contributed by atoms with Crippen LogP contribution in [0, 0.1) is 6.92 Å². The highest BCUT2D eigenvalue weighted by Crippen LogP contribution is 2.21. The number of Topliss-reactive ketones (excluding diaryl/α,β-unsaturated/α-hetero) is 1. The third kappa shape index (κ3) is 2.58. The zero-order valence-corrected chi connectivity index (χ0v) is 9.23. The SMILES string of the molecule is Cc1nnc(Cn2ccc(C(=O)C(F)(F)F)c2)o1. The predicted octanol–water partition coefficient (Wildman–Crippen LogP) is 1.97. The molecule has 0 aliphatic carbocycles. The highest BCUT2D eigenvalue weighted by molar-refractivity contribution is 6.00. The Bertz CT molecular complexity index is 571. The van der Waals surface area contributed by atoms with Crippen molar-refractivity contribution in [2.75, 3.05) is 0 Å². The van der Waals surface area contributed by atoms with Gasteiger partial charge in [0.2, 0.25) is 11.8 Å². The Morgan fingerprint density at radius 3 is 2.72 bits per heavy atom. The van der Waals surface area contributed by atoms with Gasteiger partial charge in [-0.3, -0.25) is 4.79 Å². The Hall–Kier alpha value is -2.12.